The molecule has 0 spiro atoms. The van der Waals surface area contributed by atoms with Gasteiger partial charge in [0.05, 0.1) is 0 Å². The van der Waals surface area contributed by atoms with Crippen LogP contribution in [0.4, 0.5) is 0 Å². The molecule has 4 saturated carbocycles. The summed E-state index contributed by atoms with van der Waals surface area (Å²) in [5.74, 6) is 1.19. The Kier molecular flexibility index (Phi) is 1.88. The fraction of sp³-hybridized carbons (Fsp3) is 1.00. The van der Waals surface area contributed by atoms with Crippen LogP contribution in [0.2, 0.25) is 0 Å². The third kappa shape index (κ3) is 1.27. The van der Waals surface area contributed by atoms with Crippen molar-refractivity contribution in [3.05, 3.63) is 20.9 Å². The van der Waals surface area contributed by atoms with Crippen molar-refractivity contribution in [2.24, 2.45) is 22.1 Å². The molecule has 4 rings (SSSR count). The number of hydrogen-bond acceptors (Lipinski definition) is 2. The fourth-order valence-electron chi connectivity index (χ4n) is 4.59. The second-order valence-corrected chi connectivity index (χ2v) is 5.79. The largest absolute Gasteiger partial charge is 0.0872 e. The van der Waals surface area contributed by atoms with Crippen LogP contribution in [0.25, 0.3) is 20.9 Å². The Morgan fingerprint density at radius 3 is 1.69 bits per heavy atom. The summed E-state index contributed by atoms with van der Waals surface area (Å²) < 4.78 is 0. The van der Waals surface area contributed by atoms with Gasteiger partial charge in [-0.3, -0.25) is 0 Å². The van der Waals surface area contributed by atoms with Gasteiger partial charge in [0.2, 0.25) is 0 Å². The molecule has 6 heteroatoms. The highest BCUT2D eigenvalue weighted by Crippen LogP contribution is 2.60. The molecule has 4 fully saturated rings. The Balaban J connectivity index is 2.02. The van der Waals surface area contributed by atoms with Gasteiger partial charge in [-0.15, -0.1) is 0 Å². The van der Waals surface area contributed by atoms with E-state index in [1.807, 2.05) is 0 Å². The third-order valence-electron chi connectivity index (χ3n) is 4.51. The Labute approximate surface area is 93.3 Å². The first kappa shape index (κ1) is 9.82. The molecule has 84 valence electrons. The molecule has 0 radical (unpaired) electrons. The van der Waals surface area contributed by atoms with Crippen LogP contribution in [0.5, 0.6) is 0 Å². The predicted molar refractivity (Wildman–Crippen MR) is 58.4 cm³/mol. The van der Waals surface area contributed by atoms with Gasteiger partial charge in [-0.05, 0) is 61.4 Å². The van der Waals surface area contributed by atoms with E-state index >= 15 is 0 Å². The minimum absolute atomic E-state index is 0.243. The van der Waals surface area contributed by atoms with Crippen LogP contribution in [0.1, 0.15) is 38.5 Å². The zero-order chi connectivity index (χ0) is 11.2. The summed E-state index contributed by atoms with van der Waals surface area (Å²) in [7, 11) is 0. The van der Waals surface area contributed by atoms with Crippen LogP contribution in [0.15, 0.2) is 10.2 Å². The molecule has 0 atom stereocenters. The lowest BCUT2D eigenvalue weighted by molar-refractivity contribution is -0.0168. The van der Waals surface area contributed by atoms with Gasteiger partial charge in [-0.25, -0.2) is 0 Å². The van der Waals surface area contributed by atoms with E-state index in [1.54, 1.807) is 0 Å². The molecule has 0 aromatic heterocycles. The summed E-state index contributed by atoms with van der Waals surface area (Å²) >= 11 is 0. The number of nitrogens with zero attached hydrogens (tertiary/aromatic N) is 6. The molecule has 0 aromatic rings. The first-order chi connectivity index (χ1) is 7.69. The van der Waals surface area contributed by atoms with Gasteiger partial charge >= 0.3 is 0 Å². The van der Waals surface area contributed by atoms with Crippen molar-refractivity contribution in [2.45, 2.75) is 49.6 Å². The average Bonchev–Trinajstić information content (AvgIpc) is 2.14. The zero-order valence-corrected chi connectivity index (χ0v) is 9.08. The molecule has 0 unspecified atom stereocenters. The highest BCUT2D eigenvalue weighted by atomic mass is 15.2. The van der Waals surface area contributed by atoms with E-state index in [4.69, 9.17) is 11.1 Å². The van der Waals surface area contributed by atoms with Crippen LogP contribution < -0.4 is 0 Å². The molecule has 0 N–H and O–H groups in total. The molecule has 0 aromatic carbocycles. The van der Waals surface area contributed by atoms with Crippen molar-refractivity contribution in [1.29, 1.82) is 0 Å². The van der Waals surface area contributed by atoms with Gasteiger partial charge in [-0.2, -0.15) is 0 Å². The lowest BCUT2D eigenvalue weighted by Crippen LogP contribution is -2.57. The van der Waals surface area contributed by atoms with Gasteiger partial charge < -0.3 is 0 Å². The molecule has 0 aliphatic heterocycles. The normalized spacial score (nSPS) is 48.2. The van der Waals surface area contributed by atoms with Crippen LogP contribution in [0.3, 0.4) is 0 Å². The van der Waals surface area contributed by atoms with E-state index in [-0.39, 0.29) is 11.1 Å². The first-order valence-corrected chi connectivity index (χ1v) is 5.82. The monoisotopic (exact) mass is 218 g/mol. The van der Waals surface area contributed by atoms with Crippen LogP contribution in [-0.4, -0.2) is 11.1 Å². The second kappa shape index (κ2) is 3.06. The quantitative estimate of drug-likeness (QED) is 0.383. The van der Waals surface area contributed by atoms with Gasteiger partial charge in [0, 0.05) is 20.9 Å². The topological polar surface area (TPSA) is 97.5 Å². The highest BCUT2D eigenvalue weighted by molar-refractivity contribution is 5.15. The fourth-order valence-corrected chi connectivity index (χ4v) is 4.59. The van der Waals surface area contributed by atoms with Gasteiger partial charge in [0.15, 0.2) is 0 Å². The maximum atomic E-state index is 8.70. The van der Waals surface area contributed by atoms with Crippen molar-refractivity contribution in [3.8, 4) is 0 Å². The van der Waals surface area contributed by atoms with E-state index < -0.39 is 0 Å². The summed E-state index contributed by atoms with van der Waals surface area (Å²) in [5.41, 5.74) is 16.9. The number of rotatable bonds is 2. The minimum Gasteiger partial charge on any atom is -0.0872 e. The predicted octanol–water partition coefficient (Wildman–Crippen LogP) is 3.70. The molecule has 4 bridgehead atoms. The van der Waals surface area contributed by atoms with Crippen molar-refractivity contribution in [1.82, 2.24) is 0 Å². The highest BCUT2D eigenvalue weighted by Gasteiger charge is 2.57. The first-order valence-electron chi connectivity index (χ1n) is 5.82. The van der Waals surface area contributed by atoms with Crippen molar-refractivity contribution < 1.29 is 0 Å². The van der Waals surface area contributed by atoms with E-state index in [9.17, 15) is 0 Å². The van der Waals surface area contributed by atoms with E-state index in [2.05, 4.69) is 20.1 Å². The van der Waals surface area contributed by atoms with Crippen LogP contribution in [0, 0.1) is 11.8 Å². The molecule has 6 nitrogen and oxygen atoms in total. The number of azide groups is 2. The van der Waals surface area contributed by atoms with E-state index in [0.29, 0.717) is 11.8 Å². The summed E-state index contributed by atoms with van der Waals surface area (Å²) in [4.78, 5) is 6.01. The van der Waals surface area contributed by atoms with Crippen molar-refractivity contribution in [2.75, 3.05) is 0 Å². The molecular formula is C10H14N6. The molecule has 0 amide bonds. The Morgan fingerprint density at radius 1 is 0.875 bits per heavy atom. The third-order valence-corrected chi connectivity index (χ3v) is 4.51. The van der Waals surface area contributed by atoms with Gasteiger partial charge in [0.25, 0.3) is 0 Å². The maximum Gasteiger partial charge on any atom is 0.0500 e. The number of hydrogen-bond donors (Lipinski definition) is 0. The molecule has 4 aliphatic rings. The summed E-state index contributed by atoms with van der Waals surface area (Å²) in [5, 5.41) is 8.08. The average molecular weight is 218 g/mol. The summed E-state index contributed by atoms with van der Waals surface area (Å²) in [6.45, 7) is 0. The van der Waals surface area contributed by atoms with Crippen molar-refractivity contribution in [3.63, 3.8) is 0 Å². The van der Waals surface area contributed by atoms with E-state index in [0.717, 1.165) is 32.1 Å². The maximum absolute atomic E-state index is 8.70. The lowest BCUT2D eigenvalue weighted by atomic mass is 9.50. The summed E-state index contributed by atoms with van der Waals surface area (Å²) in [6.07, 6.45) is 5.98. The zero-order valence-electron chi connectivity index (χ0n) is 9.08. The summed E-state index contributed by atoms with van der Waals surface area (Å²) in [6, 6.07) is 0. The molecule has 4 aliphatic carbocycles. The standard InChI is InChI=1S/C10H14N6/c11-15-13-9-2-7-1-8(4-9)5-10(3-7,6-9)14-16-12/h7-8H,1-6H2. The van der Waals surface area contributed by atoms with Gasteiger partial charge in [-0.1, -0.05) is 10.2 Å². The molecule has 0 saturated heterocycles. The SMILES string of the molecule is [N-]=[N+]=NC12CC3CC(C1)CC(N=[N+]=[N-])(C3)C2. The second-order valence-electron chi connectivity index (χ2n) is 5.79. The lowest BCUT2D eigenvalue weighted by Gasteiger charge is -2.58. The van der Waals surface area contributed by atoms with Crippen LogP contribution >= 0.6 is 0 Å². The molecular weight excluding hydrogens is 204 g/mol. The van der Waals surface area contributed by atoms with Gasteiger partial charge in [0.1, 0.15) is 0 Å². The van der Waals surface area contributed by atoms with Crippen molar-refractivity contribution >= 4 is 0 Å². The molecule has 16 heavy (non-hydrogen) atoms. The molecule has 0 heterocycles. The Morgan fingerprint density at radius 2 is 1.31 bits per heavy atom. The van der Waals surface area contributed by atoms with Crippen LogP contribution in [-0.2, 0) is 0 Å². The minimum atomic E-state index is -0.243. The Hall–Kier alpha value is -1.38. The smallest absolute Gasteiger partial charge is 0.0500 e. The Bertz CT molecular complexity index is 367. The van der Waals surface area contributed by atoms with E-state index in [1.165, 1.54) is 6.42 Å².